The molecule has 0 aliphatic carbocycles. The van der Waals surface area contributed by atoms with Gasteiger partial charge in [0.2, 0.25) is 10.0 Å². The lowest BCUT2D eigenvalue weighted by atomic mass is 10.1. The van der Waals surface area contributed by atoms with Crippen molar-refractivity contribution in [2.45, 2.75) is 24.8 Å². The van der Waals surface area contributed by atoms with Gasteiger partial charge in [-0.25, -0.2) is 17.9 Å². The van der Waals surface area contributed by atoms with Gasteiger partial charge in [-0.3, -0.25) is 5.32 Å². The van der Waals surface area contributed by atoms with Crippen LogP contribution in [0.2, 0.25) is 5.02 Å². The number of esters is 1. The molecule has 0 fully saturated rings. The molecule has 146 valence electrons. The molecule has 0 saturated heterocycles. The predicted octanol–water partition coefficient (Wildman–Crippen LogP) is 2.74. The van der Waals surface area contributed by atoms with Crippen molar-refractivity contribution in [3.05, 3.63) is 64.2 Å². The highest BCUT2D eigenvalue weighted by atomic mass is 35.5. The standard InChI is InChI=1S/C19H23ClN2O4S/c1-13-8-9-14(2)17(12-13)27(24,25)22-11-10-21-18(19(23)26-3)15-6-4-5-7-16(15)20/h4-9,12,18,21-22H,10-11H2,1-3H3. The van der Waals surface area contributed by atoms with Crippen molar-refractivity contribution in [2.24, 2.45) is 0 Å². The number of methoxy groups -OCH3 is 1. The van der Waals surface area contributed by atoms with Gasteiger partial charge in [0, 0.05) is 18.1 Å². The molecule has 6 nitrogen and oxygen atoms in total. The lowest BCUT2D eigenvalue weighted by Gasteiger charge is -2.18. The molecular weight excluding hydrogens is 388 g/mol. The van der Waals surface area contributed by atoms with Crippen LogP contribution in [0.4, 0.5) is 0 Å². The van der Waals surface area contributed by atoms with E-state index in [0.717, 1.165) is 5.56 Å². The molecule has 0 radical (unpaired) electrons. The molecule has 1 atom stereocenters. The molecule has 27 heavy (non-hydrogen) atoms. The first kappa shape index (κ1) is 21.4. The first-order chi connectivity index (χ1) is 12.8. The number of nitrogens with one attached hydrogen (secondary N) is 2. The summed E-state index contributed by atoms with van der Waals surface area (Å²) in [5.74, 6) is -0.500. The average Bonchev–Trinajstić information content (AvgIpc) is 2.64. The Morgan fingerprint density at radius 2 is 1.85 bits per heavy atom. The van der Waals surface area contributed by atoms with Crippen LogP contribution in [0, 0.1) is 13.8 Å². The van der Waals surface area contributed by atoms with E-state index in [0.29, 0.717) is 16.1 Å². The number of halogens is 1. The SMILES string of the molecule is COC(=O)C(NCCNS(=O)(=O)c1cc(C)ccc1C)c1ccccc1Cl. The third kappa shape index (κ3) is 5.52. The van der Waals surface area contributed by atoms with E-state index in [-0.39, 0.29) is 18.0 Å². The van der Waals surface area contributed by atoms with Gasteiger partial charge in [0.1, 0.15) is 6.04 Å². The summed E-state index contributed by atoms with van der Waals surface area (Å²) in [5.41, 5.74) is 2.11. The zero-order valence-corrected chi connectivity index (χ0v) is 17.0. The van der Waals surface area contributed by atoms with E-state index in [9.17, 15) is 13.2 Å². The largest absolute Gasteiger partial charge is 0.468 e. The molecule has 0 saturated carbocycles. The van der Waals surface area contributed by atoms with Crippen LogP contribution < -0.4 is 10.0 Å². The van der Waals surface area contributed by atoms with Crippen LogP contribution in [0.15, 0.2) is 47.4 Å². The molecule has 2 aromatic carbocycles. The highest BCUT2D eigenvalue weighted by Gasteiger charge is 2.23. The third-order valence-electron chi connectivity index (χ3n) is 4.05. The first-order valence-corrected chi connectivity index (χ1v) is 10.2. The molecular formula is C19H23ClN2O4S. The van der Waals surface area contributed by atoms with E-state index in [4.69, 9.17) is 16.3 Å². The van der Waals surface area contributed by atoms with Gasteiger partial charge in [-0.1, -0.05) is 41.9 Å². The van der Waals surface area contributed by atoms with Gasteiger partial charge in [-0.05, 0) is 42.7 Å². The molecule has 0 aromatic heterocycles. The Labute approximate surface area is 164 Å². The number of carbonyl (C=O) groups is 1. The van der Waals surface area contributed by atoms with Crippen LogP contribution in [0.25, 0.3) is 0 Å². The predicted molar refractivity (Wildman–Crippen MR) is 105 cm³/mol. The van der Waals surface area contributed by atoms with Gasteiger partial charge in [0.05, 0.1) is 12.0 Å². The minimum atomic E-state index is -3.64. The summed E-state index contributed by atoms with van der Waals surface area (Å²) in [6.07, 6.45) is 0. The summed E-state index contributed by atoms with van der Waals surface area (Å²) in [6.45, 7) is 3.91. The molecule has 2 aromatic rings. The van der Waals surface area contributed by atoms with Crippen LogP contribution >= 0.6 is 11.6 Å². The van der Waals surface area contributed by atoms with E-state index >= 15 is 0 Å². The summed E-state index contributed by atoms with van der Waals surface area (Å²) in [4.78, 5) is 12.3. The van der Waals surface area contributed by atoms with Crippen LogP contribution in [-0.4, -0.2) is 34.6 Å². The van der Waals surface area contributed by atoms with Gasteiger partial charge in [-0.15, -0.1) is 0 Å². The van der Waals surface area contributed by atoms with Gasteiger partial charge in [0.25, 0.3) is 0 Å². The van der Waals surface area contributed by atoms with Crippen molar-refractivity contribution in [2.75, 3.05) is 20.2 Å². The molecule has 2 N–H and O–H groups in total. The Balaban J connectivity index is 2.04. The maximum absolute atomic E-state index is 12.5. The number of ether oxygens (including phenoxy) is 1. The smallest absolute Gasteiger partial charge is 0.327 e. The van der Waals surface area contributed by atoms with Crippen molar-refractivity contribution >= 4 is 27.6 Å². The minimum absolute atomic E-state index is 0.105. The number of carbonyl (C=O) groups excluding carboxylic acids is 1. The van der Waals surface area contributed by atoms with Crippen molar-refractivity contribution < 1.29 is 17.9 Å². The molecule has 8 heteroatoms. The number of benzene rings is 2. The van der Waals surface area contributed by atoms with E-state index in [1.807, 2.05) is 13.0 Å². The van der Waals surface area contributed by atoms with Crippen LogP contribution in [0.3, 0.4) is 0 Å². The first-order valence-electron chi connectivity index (χ1n) is 8.39. The lowest BCUT2D eigenvalue weighted by molar-refractivity contribution is -0.143. The fraction of sp³-hybridized carbons (Fsp3) is 0.316. The molecule has 2 rings (SSSR count). The van der Waals surface area contributed by atoms with Crippen molar-refractivity contribution in [1.82, 2.24) is 10.0 Å². The van der Waals surface area contributed by atoms with Crippen molar-refractivity contribution in [3.8, 4) is 0 Å². The summed E-state index contributed by atoms with van der Waals surface area (Å²) in [5, 5.41) is 3.42. The van der Waals surface area contributed by atoms with Gasteiger partial charge in [-0.2, -0.15) is 0 Å². The number of rotatable bonds is 8. The number of sulfonamides is 1. The van der Waals surface area contributed by atoms with E-state index in [1.165, 1.54) is 7.11 Å². The maximum atomic E-state index is 12.5. The van der Waals surface area contributed by atoms with Crippen LogP contribution in [0.1, 0.15) is 22.7 Å². The van der Waals surface area contributed by atoms with Crippen LogP contribution in [-0.2, 0) is 19.6 Å². The second-order valence-corrected chi connectivity index (χ2v) is 8.24. The lowest BCUT2D eigenvalue weighted by Crippen LogP contribution is -2.37. The zero-order valence-electron chi connectivity index (χ0n) is 15.5. The Morgan fingerprint density at radius 3 is 2.52 bits per heavy atom. The van der Waals surface area contributed by atoms with Crippen molar-refractivity contribution in [1.29, 1.82) is 0 Å². The van der Waals surface area contributed by atoms with E-state index in [2.05, 4.69) is 10.0 Å². The number of hydrogen-bond acceptors (Lipinski definition) is 5. The Hall–Kier alpha value is -1.93. The van der Waals surface area contributed by atoms with Gasteiger partial charge >= 0.3 is 5.97 Å². The third-order valence-corrected chi connectivity index (χ3v) is 6.00. The Kier molecular flexibility index (Phi) is 7.38. The summed E-state index contributed by atoms with van der Waals surface area (Å²) >= 11 is 6.16. The summed E-state index contributed by atoms with van der Waals surface area (Å²) in [7, 11) is -2.35. The fourth-order valence-electron chi connectivity index (χ4n) is 2.62. The molecule has 0 aliphatic rings. The number of aryl methyl sites for hydroxylation is 2. The topological polar surface area (TPSA) is 84.5 Å². The molecule has 0 bridgehead atoms. The Morgan fingerprint density at radius 1 is 1.15 bits per heavy atom. The second kappa shape index (κ2) is 9.32. The highest BCUT2D eigenvalue weighted by Crippen LogP contribution is 2.23. The quantitative estimate of drug-likeness (QED) is 0.516. The second-order valence-electron chi connectivity index (χ2n) is 6.10. The zero-order chi connectivity index (χ0) is 20.0. The normalized spacial score (nSPS) is 12.6. The molecule has 0 amide bonds. The van der Waals surface area contributed by atoms with E-state index < -0.39 is 22.0 Å². The average molecular weight is 411 g/mol. The van der Waals surface area contributed by atoms with E-state index in [1.54, 1.807) is 43.3 Å². The minimum Gasteiger partial charge on any atom is -0.468 e. The fourth-order valence-corrected chi connectivity index (χ4v) is 4.23. The maximum Gasteiger partial charge on any atom is 0.327 e. The number of hydrogen-bond donors (Lipinski definition) is 2. The van der Waals surface area contributed by atoms with Crippen LogP contribution in [0.5, 0.6) is 0 Å². The molecule has 0 spiro atoms. The Bertz CT molecular complexity index is 916. The van der Waals surface area contributed by atoms with Gasteiger partial charge < -0.3 is 4.74 Å². The highest BCUT2D eigenvalue weighted by molar-refractivity contribution is 7.89. The summed E-state index contributed by atoms with van der Waals surface area (Å²) in [6, 6.07) is 11.4. The summed E-state index contributed by atoms with van der Waals surface area (Å²) < 4.78 is 32.4. The monoisotopic (exact) mass is 410 g/mol. The molecule has 1 unspecified atom stereocenters. The van der Waals surface area contributed by atoms with Gasteiger partial charge in [0.15, 0.2) is 0 Å². The molecule has 0 aliphatic heterocycles. The molecule has 0 heterocycles. The van der Waals surface area contributed by atoms with Crippen molar-refractivity contribution in [3.63, 3.8) is 0 Å².